The van der Waals surface area contributed by atoms with E-state index in [9.17, 15) is 14.5 Å². The van der Waals surface area contributed by atoms with E-state index in [0.29, 0.717) is 0 Å². The predicted octanol–water partition coefficient (Wildman–Crippen LogP) is 3.46. The Balaban J connectivity index is 2.27. The molecule has 0 aliphatic heterocycles. The summed E-state index contributed by atoms with van der Waals surface area (Å²) in [5, 5.41) is 20.3. The maximum atomic E-state index is 13.1. The minimum absolute atomic E-state index is 0.157. The molecule has 0 amide bonds. The van der Waals surface area contributed by atoms with Crippen LogP contribution in [0, 0.1) is 15.9 Å². The fraction of sp³-hybridized carbons (Fsp3) is 0.143. The number of rotatable bonds is 5. The highest BCUT2D eigenvalue weighted by atomic mass is 35.5. The normalized spacial score (nSPS) is 10.4. The maximum absolute atomic E-state index is 13.1. The summed E-state index contributed by atoms with van der Waals surface area (Å²) in [5.41, 5.74) is 0.317. The van der Waals surface area contributed by atoms with Crippen molar-refractivity contribution >= 4 is 17.3 Å². The first-order chi connectivity index (χ1) is 10.0. The van der Waals surface area contributed by atoms with Gasteiger partial charge >= 0.3 is 0 Å². The number of benzene rings is 2. The highest BCUT2D eigenvalue weighted by Crippen LogP contribution is 2.28. The van der Waals surface area contributed by atoms with E-state index < -0.39 is 17.3 Å². The summed E-state index contributed by atoms with van der Waals surface area (Å²) < 4.78 is 18.5. The van der Waals surface area contributed by atoms with Gasteiger partial charge in [0.05, 0.1) is 22.1 Å². The van der Waals surface area contributed by atoms with Gasteiger partial charge < -0.3 is 9.84 Å². The molecule has 0 spiro atoms. The van der Waals surface area contributed by atoms with Crippen LogP contribution < -0.4 is 4.74 Å². The Morgan fingerprint density at radius 1 is 1.33 bits per heavy atom. The first-order valence-electron chi connectivity index (χ1n) is 5.96. The lowest BCUT2D eigenvalue weighted by atomic mass is 10.2. The van der Waals surface area contributed by atoms with Gasteiger partial charge in [0, 0.05) is 11.6 Å². The number of aliphatic hydroxyl groups excluding tert-OH is 1. The summed E-state index contributed by atoms with van der Waals surface area (Å²) >= 11 is 5.94. The first kappa shape index (κ1) is 15.2. The Kier molecular flexibility index (Phi) is 4.72. The molecule has 110 valence electrons. The SMILES string of the molecule is O=[N+]([O-])c1cccc(Cl)c1COc1ccc(F)cc1CO. The third-order valence-corrected chi connectivity index (χ3v) is 3.21. The summed E-state index contributed by atoms with van der Waals surface area (Å²) in [6.45, 7) is -0.563. The number of aliphatic hydroxyl groups is 1. The Morgan fingerprint density at radius 3 is 2.76 bits per heavy atom. The Hall–Kier alpha value is -2.18. The van der Waals surface area contributed by atoms with Crippen molar-refractivity contribution in [3.63, 3.8) is 0 Å². The van der Waals surface area contributed by atoms with Gasteiger partial charge in [-0.15, -0.1) is 0 Å². The zero-order valence-electron chi connectivity index (χ0n) is 10.8. The van der Waals surface area contributed by atoms with E-state index >= 15 is 0 Å². The van der Waals surface area contributed by atoms with E-state index in [2.05, 4.69) is 0 Å². The monoisotopic (exact) mass is 311 g/mol. The molecule has 0 fully saturated rings. The maximum Gasteiger partial charge on any atom is 0.277 e. The summed E-state index contributed by atoms with van der Waals surface area (Å²) in [4.78, 5) is 10.4. The molecule has 0 radical (unpaired) electrons. The summed E-state index contributed by atoms with van der Waals surface area (Å²) in [5.74, 6) is -0.261. The number of halogens is 2. The zero-order valence-corrected chi connectivity index (χ0v) is 11.5. The third kappa shape index (κ3) is 3.48. The molecule has 1 N–H and O–H groups in total. The molecular weight excluding hydrogens is 301 g/mol. The van der Waals surface area contributed by atoms with E-state index in [1.165, 1.54) is 30.3 Å². The van der Waals surface area contributed by atoms with Crippen molar-refractivity contribution < 1.29 is 19.2 Å². The van der Waals surface area contributed by atoms with Gasteiger partial charge in [0.1, 0.15) is 18.2 Å². The average Bonchev–Trinajstić information content (AvgIpc) is 2.46. The second-order valence-electron chi connectivity index (χ2n) is 4.19. The van der Waals surface area contributed by atoms with Crippen LogP contribution in [0.3, 0.4) is 0 Å². The van der Waals surface area contributed by atoms with E-state index in [0.717, 1.165) is 6.07 Å². The lowest BCUT2D eigenvalue weighted by Crippen LogP contribution is -2.03. The molecule has 21 heavy (non-hydrogen) atoms. The number of hydrogen-bond donors (Lipinski definition) is 1. The van der Waals surface area contributed by atoms with Gasteiger partial charge in [-0.05, 0) is 24.3 Å². The molecule has 0 bridgehead atoms. The molecule has 0 aromatic heterocycles. The van der Waals surface area contributed by atoms with E-state index in [4.69, 9.17) is 21.4 Å². The van der Waals surface area contributed by atoms with E-state index in [1.54, 1.807) is 0 Å². The highest BCUT2D eigenvalue weighted by molar-refractivity contribution is 6.31. The third-order valence-electron chi connectivity index (χ3n) is 2.86. The quantitative estimate of drug-likeness (QED) is 0.678. The van der Waals surface area contributed by atoms with Crippen molar-refractivity contribution in [2.45, 2.75) is 13.2 Å². The van der Waals surface area contributed by atoms with Gasteiger partial charge in [0.2, 0.25) is 0 Å². The molecule has 2 aromatic rings. The van der Waals surface area contributed by atoms with Crippen molar-refractivity contribution in [2.75, 3.05) is 0 Å². The van der Waals surface area contributed by atoms with Crippen molar-refractivity contribution in [2.24, 2.45) is 0 Å². The minimum atomic E-state index is -0.553. The molecule has 5 nitrogen and oxygen atoms in total. The lowest BCUT2D eigenvalue weighted by molar-refractivity contribution is -0.385. The van der Waals surface area contributed by atoms with Crippen LogP contribution in [0.5, 0.6) is 5.75 Å². The van der Waals surface area contributed by atoms with E-state index in [-0.39, 0.29) is 34.2 Å². The second kappa shape index (κ2) is 6.51. The number of nitrogens with zero attached hydrogens (tertiary/aromatic N) is 1. The van der Waals surface area contributed by atoms with Crippen LogP contribution in [0.2, 0.25) is 5.02 Å². The molecular formula is C14H11ClFNO4. The molecule has 0 aliphatic carbocycles. The minimum Gasteiger partial charge on any atom is -0.488 e. The Labute approximate surface area is 124 Å². The van der Waals surface area contributed by atoms with Crippen LogP contribution >= 0.6 is 11.6 Å². The standard InChI is InChI=1S/C14H11ClFNO4/c15-12-2-1-3-13(17(19)20)11(12)8-21-14-5-4-10(16)6-9(14)7-18/h1-6,18H,7-8H2. The zero-order chi connectivity index (χ0) is 15.4. The van der Waals surface area contributed by atoms with E-state index in [1.807, 2.05) is 0 Å². The van der Waals surface area contributed by atoms with Crippen LogP contribution in [-0.4, -0.2) is 10.0 Å². The van der Waals surface area contributed by atoms with Gasteiger partial charge in [-0.25, -0.2) is 4.39 Å². The second-order valence-corrected chi connectivity index (χ2v) is 4.60. The Bertz CT molecular complexity index is 678. The number of hydrogen-bond acceptors (Lipinski definition) is 4. The van der Waals surface area contributed by atoms with Crippen LogP contribution in [0.1, 0.15) is 11.1 Å². The molecule has 0 aliphatic rings. The molecule has 0 saturated carbocycles. The molecule has 0 saturated heterocycles. The van der Waals surface area contributed by atoms with Crippen LogP contribution in [-0.2, 0) is 13.2 Å². The van der Waals surface area contributed by atoms with Gasteiger partial charge in [-0.2, -0.15) is 0 Å². The largest absolute Gasteiger partial charge is 0.488 e. The van der Waals surface area contributed by atoms with Crippen molar-refractivity contribution in [3.05, 3.63) is 68.5 Å². The van der Waals surface area contributed by atoms with Crippen LogP contribution in [0.15, 0.2) is 36.4 Å². The number of nitro benzene ring substituents is 1. The highest BCUT2D eigenvalue weighted by Gasteiger charge is 2.17. The van der Waals surface area contributed by atoms with Crippen LogP contribution in [0.25, 0.3) is 0 Å². The number of ether oxygens (including phenoxy) is 1. The van der Waals surface area contributed by atoms with Gasteiger partial charge in [-0.1, -0.05) is 17.7 Å². The van der Waals surface area contributed by atoms with Crippen molar-refractivity contribution in [1.82, 2.24) is 0 Å². The van der Waals surface area contributed by atoms with Gasteiger partial charge in [-0.3, -0.25) is 10.1 Å². The Morgan fingerprint density at radius 2 is 2.10 bits per heavy atom. The van der Waals surface area contributed by atoms with Gasteiger partial charge in [0.15, 0.2) is 0 Å². The molecule has 0 atom stereocenters. The number of nitro groups is 1. The molecule has 2 rings (SSSR count). The first-order valence-corrected chi connectivity index (χ1v) is 6.34. The summed E-state index contributed by atoms with van der Waals surface area (Å²) in [7, 11) is 0. The summed E-state index contributed by atoms with van der Waals surface area (Å²) in [6.07, 6.45) is 0. The lowest BCUT2D eigenvalue weighted by Gasteiger charge is -2.11. The fourth-order valence-corrected chi connectivity index (χ4v) is 2.05. The molecule has 7 heteroatoms. The van der Waals surface area contributed by atoms with Gasteiger partial charge in [0.25, 0.3) is 5.69 Å². The fourth-order valence-electron chi connectivity index (χ4n) is 1.82. The molecule has 0 heterocycles. The predicted molar refractivity (Wildman–Crippen MR) is 74.8 cm³/mol. The average molecular weight is 312 g/mol. The smallest absolute Gasteiger partial charge is 0.277 e. The summed E-state index contributed by atoms with van der Waals surface area (Å²) in [6, 6.07) is 7.98. The topological polar surface area (TPSA) is 72.6 Å². The van der Waals surface area contributed by atoms with Crippen LogP contribution in [0.4, 0.5) is 10.1 Å². The molecule has 2 aromatic carbocycles. The van der Waals surface area contributed by atoms with Crippen molar-refractivity contribution in [3.8, 4) is 5.75 Å². The molecule has 0 unspecified atom stereocenters. The van der Waals surface area contributed by atoms with Crippen molar-refractivity contribution in [1.29, 1.82) is 0 Å².